The van der Waals surface area contributed by atoms with Crippen molar-refractivity contribution in [3.05, 3.63) is 76.2 Å². The van der Waals surface area contributed by atoms with E-state index in [1.165, 1.54) is 12.1 Å². The Balaban J connectivity index is 1.57. The van der Waals surface area contributed by atoms with Crippen molar-refractivity contribution < 1.29 is 4.39 Å². The summed E-state index contributed by atoms with van der Waals surface area (Å²) in [5.41, 5.74) is 3.67. The molecule has 2 atom stereocenters. The third kappa shape index (κ3) is 3.46. The van der Waals surface area contributed by atoms with Gasteiger partial charge in [0.1, 0.15) is 5.82 Å². The van der Waals surface area contributed by atoms with Crippen LogP contribution in [0.5, 0.6) is 0 Å². The number of benzene rings is 1. The standard InChI is InChI=1S/C25H23FN6O/c1-15-14-32(22-12-24(33)30(4)21-7-8-23(27-3)29-25(21)22)16(2)13-31(15)20-9-10-28-19-6-5-17(26)11-18(19)20/h5-12,15-16H,13-14H2,1-2,4H3/t15-,16+/m1/s1. The lowest BCUT2D eigenvalue weighted by atomic mass is 10.0. The van der Waals surface area contributed by atoms with Crippen LogP contribution in [0, 0.1) is 12.4 Å². The van der Waals surface area contributed by atoms with E-state index in [1.807, 2.05) is 6.07 Å². The van der Waals surface area contributed by atoms with Crippen LogP contribution in [0.3, 0.4) is 0 Å². The molecule has 1 fully saturated rings. The second-order valence-electron chi connectivity index (χ2n) is 8.57. The van der Waals surface area contributed by atoms with Gasteiger partial charge in [-0.3, -0.25) is 9.78 Å². The zero-order valence-electron chi connectivity index (χ0n) is 18.7. The number of anilines is 2. The number of hydrogen-bond donors (Lipinski definition) is 0. The van der Waals surface area contributed by atoms with Crippen LogP contribution in [0.4, 0.5) is 21.6 Å². The van der Waals surface area contributed by atoms with Crippen LogP contribution in [-0.2, 0) is 7.05 Å². The molecule has 0 unspecified atom stereocenters. The largest absolute Gasteiger partial charge is 0.364 e. The van der Waals surface area contributed by atoms with Crippen LogP contribution in [0.25, 0.3) is 26.8 Å². The summed E-state index contributed by atoms with van der Waals surface area (Å²) in [5.74, 6) is 0.0105. The van der Waals surface area contributed by atoms with Gasteiger partial charge in [0.05, 0.1) is 16.7 Å². The van der Waals surface area contributed by atoms with E-state index in [0.717, 1.165) is 22.3 Å². The van der Waals surface area contributed by atoms with Crippen LogP contribution < -0.4 is 15.4 Å². The monoisotopic (exact) mass is 442 g/mol. The summed E-state index contributed by atoms with van der Waals surface area (Å²) in [6, 6.07) is 11.7. The van der Waals surface area contributed by atoms with Gasteiger partial charge in [-0.2, -0.15) is 0 Å². The van der Waals surface area contributed by atoms with E-state index >= 15 is 0 Å². The Hall–Kier alpha value is -3.99. The molecule has 0 bridgehead atoms. The number of fused-ring (bicyclic) bond motifs is 2. The molecular formula is C25H23FN6O. The first-order chi connectivity index (χ1) is 15.9. The summed E-state index contributed by atoms with van der Waals surface area (Å²) < 4.78 is 15.6. The first kappa shape index (κ1) is 20.9. The van der Waals surface area contributed by atoms with Crippen molar-refractivity contribution >= 4 is 39.1 Å². The second kappa shape index (κ2) is 7.85. The summed E-state index contributed by atoms with van der Waals surface area (Å²) >= 11 is 0. The van der Waals surface area contributed by atoms with Gasteiger partial charge in [-0.1, -0.05) is 6.57 Å². The molecule has 1 aliphatic heterocycles. The lowest BCUT2D eigenvalue weighted by Gasteiger charge is -2.46. The third-order valence-electron chi connectivity index (χ3n) is 6.45. The van der Waals surface area contributed by atoms with Crippen LogP contribution in [0.15, 0.2) is 53.5 Å². The van der Waals surface area contributed by atoms with Crippen molar-refractivity contribution in [1.82, 2.24) is 14.5 Å². The number of piperazine rings is 1. The quantitative estimate of drug-likeness (QED) is 0.434. The zero-order valence-corrected chi connectivity index (χ0v) is 18.7. The van der Waals surface area contributed by atoms with E-state index < -0.39 is 0 Å². The Morgan fingerprint density at radius 3 is 2.48 bits per heavy atom. The second-order valence-corrected chi connectivity index (χ2v) is 8.57. The maximum Gasteiger partial charge on any atom is 0.270 e. The molecule has 0 N–H and O–H groups in total. The molecule has 1 aliphatic rings. The molecule has 4 heterocycles. The Morgan fingerprint density at radius 1 is 1.03 bits per heavy atom. The maximum atomic E-state index is 14.0. The van der Waals surface area contributed by atoms with E-state index in [2.05, 4.69) is 38.5 Å². The normalized spacial score (nSPS) is 18.6. The summed E-state index contributed by atoms with van der Waals surface area (Å²) in [6.07, 6.45) is 1.75. The van der Waals surface area contributed by atoms with Gasteiger partial charge in [-0.25, -0.2) is 4.39 Å². The van der Waals surface area contributed by atoms with Crippen molar-refractivity contribution in [3.63, 3.8) is 0 Å². The van der Waals surface area contributed by atoms with Crippen molar-refractivity contribution in [1.29, 1.82) is 0 Å². The summed E-state index contributed by atoms with van der Waals surface area (Å²) in [4.78, 5) is 29.5. The van der Waals surface area contributed by atoms with Crippen LogP contribution in [0.2, 0.25) is 0 Å². The number of halogens is 1. The lowest BCUT2D eigenvalue weighted by Crippen LogP contribution is -2.57. The molecule has 5 rings (SSSR count). The molecule has 0 saturated carbocycles. The molecular weight excluding hydrogens is 419 g/mol. The Labute approximate surface area is 190 Å². The number of aryl methyl sites for hydroxylation is 1. The molecule has 0 amide bonds. The molecule has 4 aromatic rings. The highest BCUT2D eigenvalue weighted by Crippen LogP contribution is 2.34. The smallest absolute Gasteiger partial charge is 0.270 e. The Morgan fingerprint density at radius 2 is 1.76 bits per heavy atom. The molecule has 0 spiro atoms. The van der Waals surface area contributed by atoms with E-state index in [-0.39, 0.29) is 23.5 Å². The number of rotatable bonds is 2. The minimum Gasteiger partial charge on any atom is -0.364 e. The average molecular weight is 442 g/mol. The minimum absolute atomic E-state index is 0.0478. The van der Waals surface area contributed by atoms with Gasteiger partial charge >= 0.3 is 0 Å². The van der Waals surface area contributed by atoms with Crippen molar-refractivity contribution in [2.45, 2.75) is 25.9 Å². The van der Waals surface area contributed by atoms with Gasteiger partial charge in [0.15, 0.2) is 0 Å². The fraction of sp³-hybridized carbons (Fsp3) is 0.280. The van der Waals surface area contributed by atoms with Gasteiger partial charge < -0.3 is 19.2 Å². The highest BCUT2D eigenvalue weighted by Gasteiger charge is 2.32. The third-order valence-corrected chi connectivity index (χ3v) is 6.45. The first-order valence-corrected chi connectivity index (χ1v) is 10.8. The number of nitrogens with zero attached hydrogens (tertiary/aromatic N) is 6. The lowest BCUT2D eigenvalue weighted by molar-refractivity contribution is 0.482. The molecule has 166 valence electrons. The molecule has 0 radical (unpaired) electrons. The number of pyridine rings is 3. The van der Waals surface area contributed by atoms with Crippen LogP contribution in [-0.4, -0.2) is 39.7 Å². The summed E-state index contributed by atoms with van der Waals surface area (Å²) in [7, 11) is 1.71. The van der Waals surface area contributed by atoms with Crippen LogP contribution >= 0.6 is 0 Å². The number of hydrogen-bond acceptors (Lipinski definition) is 5. The minimum atomic E-state index is -0.288. The topological polar surface area (TPSA) is 58.6 Å². The van der Waals surface area contributed by atoms with Crippen LogP contribution in [0.1, 0.15) is 13.8 Å². The van der Waals surface area contributed by atoms with Gasteiger partial charge in [0.25, 0.3) is 11.4 Å². The molecule has 0 aliphatic carbocycles. The summed E-state index contributed by atoms with van der Waals surface area (Å²) in [6.45, 7) is 12.9. The predicted molar refractivity (Wildman–Crippen MR) is 129 cm³/mol. The SMILES string of the molecule is [C-]#[N+]c1ccc2c(n1)c(N1C[C@@H](C)N(c3ccnc4ccc(F)cc34)C[C@@H]1C)cc(=O)n2C. The van der Waals surface area contributed by atoms with E-state index in [9.17, 15) is 9.18 Å². The van der Waals surface area contributed by atoms with Gasteiger partial charge in [0, 0.05) is 55.6 Å². The fourth-order valence-electron chi connectivity index (χ4n) is 4.74. The molecule has 3 aromatic heterocycles. The molecule has 8 heteroatoms. The van der Waals surface area contributed by atoms with Gasteiger partial charge in [0.2, 0.25) is 5.52 Å². The molecule has 33 heavy (non-hydrogen) atoms. The molecule has 1 aromatic carbocycles. The fourth-order valence-corrected chi connectivity index (χ4v) is 4.74. The van der Waals surface area contributed by atoms with E-state index in [4.69, 9.17) is 6.57 Å². The van der Waals surface area contributed by atoms with E-state index in [0.29, 0.717) is 29.9 Å². The van der Waals surface area contributed by atoms with Gasteiger partial charge in [-0.05, 0) is 50.2 Å². The van der Waals surface area contributed by atoms with Crippen molar-refractivity contribution in [3.8, 4) is 0 Å². The van der Waals surface area contributed by atoms with Gasteiger partial charge in [-0.15, -0.1) is 4.98 Å². The average Bonchev–Trinajstić information content (AvgIpc) is 2.82. The predicted octanol–water partition coefficient (Wildman–Crippen LogP) is 4.28. The molecule has 7 nitrogen and oxygen atoms in total. The first-order valence-electron chi connectivity index (χ1n) is 10.8. The summed E-state index contributed by atoms with van der Waals surface area (Å²) in [5, 5.41) is 0.785. The Bertz CT molecular complexity index is 1490. The van der Waals surface area contributed by atoms with E-state index in [1.54, 1.807) is 42.1 Å². The zero-order chi connectivity index (χ0) is 23.3. The van der Waals surface area contributed by atoms with Crippen molar-refractivity contribution in [2.75, 3.05) is 22.9 Å². The Kier molecular flexibility index (Phi) is 4.97. The highest BCUT2D eigenvalue weighted by molar-refractivity contribution is 5.92. The highest BCUT2D eigenvalue weighted by atomic mass is 19.1. The molecule has 1 saturated heterocycles. The van der Waals surface area contributed by atoms with Crippen molar-refractivity contribution in [2.24, 2.45) is 7.05 Å². The number of aromatic nitrogens is 3. The maximum absolute atomic E-state index is 14.0.